The molecule has 0 aromatic carbocycles. The summed E-state index contributed by atoms with van der Waals surface area (Å²) in [5.41, 5.74) is 0.614. The molecule has 4 aliphatic carbocycles. The molecule has 4 fully saturated rings. The number of hydrogen-bond acceptors (Lipinski definition) is 8. The molecule has 0 aromatic rings. The molecule has 10 atom stereocenters. The summed E-state index contributed by atoms with van der Waals surface area (Å²) in [4.78, 5) is 50.6. The monoisotopic (exact) mass is 612 g/mol. The molecule has 0 amide bonds. The summed E-state index contributed by atoms with van der Waals surface area (Å²) in [7, 11) is 0. The Bertz CT molecular complexity index is 1300. The third-order valence-electron chi connectivity index (χ3n) is 12.8. The van der Waals surface area contributed by atoms with Crippen LogP contribution in [0.3, 0.4) is 0 Å². The highest BCUT2D eigenvalue weighted by Crippen LogP contribution is 2.74. The van der Waals surface area contributed by atoms with Gasteiger partial charge in [-0.15, -0.1) is 0 Å². The third-order valence-corrected chi connectivity index (χ3v) is 12.8. The zero-order valence-corrected chi connectivity index (χ0v) is 28.3. The summed E-state index contributed by atoms with van der Waals surface area (Å²) in [5.74, 6) is -0.0894. The molecule has 0 spiro atoms. The van der Waals surface area contributed by atoms with Gasteiger partial charge in [0.25, 0.3) is 0 Å². The van der Waals surface area contributed by atoms with Gasteiger partial charge in [0, 0.05) is 55.8 Å². The smallest absolute Gasteiger partial charge is 0.302 e. The van der Waals surface area contributed by atoms with Crippen molar-refractivity contribution in [2.75, 3.05) is 6.61 Å². The van der Waals surface area contributed by atoms with Crippen LogP contribution in [-0.2, 0) is 38.1 Å². The maximum Gasteiger partial charge on any atom is 0.302 e. The number of Topliss-reactive ketones (excluding diaryl/α,β-unsaturated/α-hetero) is 1. The van der Waals surface area contributed by atoms with Gasteiger partial charge in [-0.1, -0.05) is 46.3 Å². The lowest BCUT2D eigenvalue weighted by Gasteiger charge is -2.70. The number of ketones is 1. The van der Waals surface area contributed by atoms with E-state index in [1.807, 2.05) is 13.8 Å². The molecule has 0 aromatic heterocycles. The largest absolute Gasteiger partial charge is 0.490 e. The Morgan fingerprint density at radius 2 is 1.41 bits per heavy atom. The van der Waals surface area contributed by atoms with E-state index in [1.54, 1.807) is 0 Å². The van der Waals surface area contributed by atoms with Gasteiger partial charge in [0.2, 0.25) is 0 Å². The van der Waals surface area contributed by atoms with Crippen LogP contribution in [0.4, 0.5) is 0 Å². The number of allylic oxidation sites excluding steroid dienone is 3. The van der Waals surface area contributed by atoms with E-state index in [9.17, 15) is 19.2 Å². The molecule has 1 aliphatic heterocycles. The Kier molecular flexibility index (Phi) is 8.19. The lowest BCUT2D eigenvalue weighted by Crippen LogP contribution is -2.70. The van der Waals surface area contributed by atoms with Crippen LogP contribution in [0.1, 0.15) is 108 Å². The first kappa shape index (κ1) is 32.7. The van der Waals surface area contributed by atoms with E-state index in [4.69, 9.17) is 18.9 Å². The first-order chi connectivity index (χ1) is 20.4. The molecular weight excluding hydrogens is 560 g/mol. The first-order valence-electron chi connectivity index (χ1n) is 16.4. The van der Waals surface area contributed by atoms with Crippen molar-refractivity contribution in [1.29, 1.82) is 0 Å². The van der Waals surface area contributed by atoms with Crippen molar-refractivity contribution in [2.45, 2.75) is 126 Å². The molecule has 8 heteroatoms. The van der Waals surface area contributed by atoms with E-state index in [0.29, 0.717) is 31.6 Å². The third kappa shape index (κ3) is 4.84. The van der Waals surface area contributed by atoms with Gasteiger partial charge in [-0.05, 0) is 68.3 Å². The predicted octanol–water partition coefficient (Wildman–Crippen LogP) is 6.51. The molecule has 3 saturated carbocycles. The second kappa shape index (κ2) is 11.0. The highest BCUT2D eigenvalue weighted by molar-refractivity contribution is 5.94. The van der Waals surface area contributed by atoms with Gasteiger partial charge in [0.1, 0.15) is 18.3 Å². The molecule has 10 unspecified atom stereocenters. The summed E-state index contributed by atoms with van der Waals surface area (Å²) in [6.45, 7) is 19.8. The minimum Gasteiger partial charge on any atom is -0.490 e. The van der Waals surface area contributed by atoms with Gasteiger partial charge in [0.05, 0.1) is 6.61 Å². The van der Waals surface area contributed by atoms with Gasteiger partial charge < -0.3 is 18.9 Å². The SMILES string of the molecule is CC(=O)OC1CC(OC(C)=O)C2(C)C(CC(OC(C)=O)C3(C)C4=CCC(C5COC(=C(C)C)C(=O)C5)C4(C)CCC32)C1(C)C. The van der Waals surface area contributed by atoms with E-state index < -0.39 is 34.6 Å². The standard InChI is InChI=1S/C36H52O8/c1-19(2)32-25(40)15-23(18-41-32)24-11-12-26-34(24,8)14-13-27-35(26,9)30(43-21(4)38)16-28-33(6,7)29(42-20(3)37)17-31(36(27,28)10)44-22(5)39/h12,23-24,27-31H,11,13-18H2,1-10H3. The van der Waals surface area contributed by atoms with Crippen LogP contribution in [0.15, 0.2) is 23.0 Å². The number of carbonyl (C=O) groups excluding carboxylic acids is 4. The molecule has 1 saturated heterocycles. The van der Waals surface area contributed by atoms with Crippen molar-refractivity contribution in [3.05, 3.63) is 23.0 Å². The van der Waals surface area contributed by atoms with Crippen LogP contribution < -0.4 is 0 Å². The van der Waals surface area contributed by atoms with Crippen LogP contribution in [0.2, 0.25) is 0 Å². The van der Waals surface area contributed by atoms with E-state index in [0.717, 1.165) is 24.8 Å². The molecule has 0 N–H and O–H groups in total. The minimum absolute atomic E-state index is 0.0413. The molecule has 0 radical (unpaired) electrons. The van der Waals surface area contributed by atoms with Crippen LogP contribution in [0, 0.1) is 45.3 Å². The van der Waals surface area contributed by atoms with Crippen molar-refractivity contribution in [1.82, 2.24) is 0 Å². The Balaban J connectivity index is 1.58. The normalized spacial score (nSPS) is 42.5. The molecular formula is C36H52O8. The second-order valence-electron chi connectivity index (χ2n) is 15.8. The fourth-order valence-electron chi connectivity index (χ4n) is 11.1. The van der Waals surface area contributed by atoms with Gasteiger partial charge in [0.15, 0.2) is 11.5 Å². The Labute approximate surface area is 262 Å². The summed E-state index contributed by atoms with van der Waals surface area (Å²) in [5, 5.41) is 0. The number of ether oxygens (including phenoxy) is 4. The maximum absolute atomic E-state index is 13.1. The van der Waals surface area contributed by atoms with Crippen LogP contribution in [0.5, 0.6) is 0 Å². The van der Waals surface area contributed by atoms with E-state index in [-0.39, 0.29) is 52.8 Å². The molecule has 44 heavy (non-hydrogen) atoms. The average Bonchev–Trinajstić information content (AvgIpc) is 3.25. The van der Waals surface area contributed by atoms with Crippen molar-refractivity contribution < 1.29 is 38.1 Å². The molecule has 1 heterocycles. The fourth-order valence-corrected chi connectivity index (χ4v) is 11.1. The highest BCUT2D eigenvalue weighted by atomic mass is 16.6. The quantitative estimate of drug-likeness (QED) is 0.153. The Morgan fingerprint density at radius 1 is 0.818 bits per heavy atom. The van der Waals surface area contributed by atoms with E-state index in [1.165, 1.54) is 26.3 Å². The Hall–Kier alpha value is -2.64. The van der Waals surface area contributed by atoms with Gasteiger partial charge in [-0.25, -0.2) is 0 Å². The number of carbonyl (C=O) groups is 4. The predicted molar refractivity (Wildman–Crippen MR) is 164 cm³/mol. The second-order valence-corrected chi connectivity index (χ2v) is 15.8. The van der Waals surface area contributed by atoms with Gasteiger partial charge >= 0.3 is 17.9 Å². The lowest BCUT2D eigenvalue weighted by atomic mass is 9.36. The van der Waals surface area contributed by atoms with Gasteiger partial charge in [-0.2, -0.15) is 0 Å². The van der Waals surface area contributed by atoms with Crippen molar-refractivity contribution in [2.24, 2.45) is 45.3 Å². The topological polar surface area (TPSA) is 105 Å². The summed E-state index contributed by atoms with van der Waals surface area (Å²) >= 11 is 0. The van der Waals surface area contributed by atoms with Gasteiger partial charge in [-0.3, -0.25) is 19.2 Å². The Morgan fingerprint density at radius 3 is 1.98 bits per heavy atom. The number of fused-ring (bicyclic) bond motifs is 5. The van der Waals surface area contributed by atoms with E-state index in [2.05, 4.69) is 40.7 Å². The lowest BCUT2D eigenvalue weighted by molar-refractivity contribution is -0.262. The average molecular weight is 613 g/mol. The zero-order valence-electron chi connectivity index (χ0n) is 28.3. The van der Waals surface area contributed by atoms with Crippen molar-refractivity contribution in [3.8, 4) is 0 Å². The zero-order chi connectivity index (χ0) is 32.6. The van der Waals surface area contributed by atoms with Crippen molar-refractivity contribution in [3.63, 3.8) is 0 Å². The van der Waals surface area contributed by atoms with Crippen LogP contribution in [-0.4, -0.2) is 48.6 Å². The molecule has 5 rings (SSSR count). The van der Waals surface area contributed by atoms with Crippen molar-refractivity contribution >= 4 is 23.7 Å². The first-order valence-corrected chi connectivity index (χ1v) is 16.4. The maximum atomic E-state index is 13.1. The molecule has 0 bridgehead atoms. The number of esters is 3. The minimum atomic E-state index is -0.508. The summed E-state index contributed by atoms with van der Waals surface area (Å²) in [6.07, 6.45) is 5.17. The van der Waals surface area contributed by atoms with Crippen LogP contribution in [0.25, 0.3) is 0 Å². The fraction of sp³-hybridized carbons (Fsp3) is 0.778. The summed E-state index contributed by atoms with van der Waals surface area (Å²) in [6, 6.07) is 0. The van der Waals surface area contributed by atoms with Crippen LogP contribution >= 0.6 is 0 Å². The number of hydrogen-bond donors (Lipinski definition) is 0. The summed E-state index contributed by atoms with van der Waals surface area (Å²) < 4.78 is 24.4. The highest BCUT2D eigenvalue weighted by Gasteiger charge is 2.72. The number of rotatable bonds is 4. The molecule has 8 nitrogen and oxygen atoms in total. The molecule has 244 valence electrons. The van der Waals surface area contributed by atoms with E-state index >= 15 is 0 Å². The molecule has 5 aliphatic rings.